The van der Waals surface area contributed by atoms with E-state index in [0.717, 1.165) is 0 Å². The highest BCUT2D eigenvalue weighted by Crippen LogP contribution is 2.07. The molecule has 0 radical (unpaired) electrons. The number of rotatable bonds is 6. The highest BCUT2D eigenvalue weighted by molar-refractivity contribution is 5.95. The van der Waals surface area contributed by atoms with Gasteiger partial charge in [-0.05, 0) is 19.4 Å². The van der Waals surface area contributed by atoms with Crippen LogP contribution in [0.15, 0.2) is 6.07 Å². The number of nitrogens with one attached hydrogen (secondary N) is 1. The fourth-order valence-electron chi connectivity index (χ4n) is 1.60. The molecule has 0 spiro atoms. The van der Waals surface area contributed by atoms with E-state index >= 15 is 0 Å². The molecule has 0 aliphatic carbocycles. The van der Waals surface area contributed by atoms with Crippen molar-refractivity contribution in [3.63, 3.8) is 0 Å². The summed E-state index contributed by atoms with van der Waals surface area (Å²) in [5.41, 5.74) is 7.52. The zero-order valence-electron chi connectivity index (χ0n) is 11.1. The number of carbonyl (C=O) groups is 1. The predicted octanol–water partition coefficient (Wildman–Crippen LogP) is 0.0509. The van der Waals surface area contributed by atoms with Crippen molar-refractivity contribution in [2.45, 2.75) is 26.3 Å². The number of aromatic nitrogens is 2. The van der Waals surface area contributed by atoms with Crippen LogP contribution in [-0.4, -0.2) is 42.4 Å². The Kier molecular flexibility index (Phi) is 5.67. The molecular weight excluding hydrogens is 232 g/mol. The first-order valence-corrected chi connectivity index (χ1v) is 5.95. The van der Waals surface area contributed by atoms with Gasteiger partial charge in [0.15, 0.2) is 0 Å². The largest absolute Gasteiger partial charge is 0.383 e. The SMILES string of the molecule is CCc1nnc(C)cc1C(=O)NC(CN)COC. The zero-order chi connectivity index (χ0) is 13.5. The number of nitrogens with two attached hydrogens (primary N) is 1. The smallest absolute Gasteiger partial charge is 0.253 e. The maximum Gasteiger partial charge on any atom is 0.253 e. The van der Waals surface area contributed by atoms with E-state index in [1.54, 1.807) is 20.1 Å². The number of hydrogen-bond acceptors (Lipinski definition) is 5. The van der Waals surface area contributed by atoms with Crippen LogP contribution in [0.25, 0.3) is 0 Å². The van der Waals surface area contributed by atoms with Crippen LogP contribution in [0.5, 0.6) is 0 Å². The van der Waals surface area contributed by atoms with Crippen molar-refractivity contribution in [2.75, 3.05) is 20.3 Å². The normalized spacial score (nSPS) is 12.2. The number of amides is 1. The molecule has 1 amide bonds. The highest BCUT2D eigenvalue weighted by atomic mass is 16.5. The van der Waals surface area contributed by atoms with Gasteiger partial charge < -0.3 is 15.8 Å². The van der Waals surface area contributed by atoms with Gasteiger partial charge in [-0.15, -0.1) is 0 Å². The quantitative estimate of drug-likeness (QED) is 0.746. The van der Waals surface area contributed by atoms with Crippen molar-refractivity contribution < 1.29 is 9.53 Å². The Morgan fingerprint density at radius 3 is 2.83 bits per heavy atom. The third-order valence-corrected chi connectivity index (χ3v) is 2.56. The van der Waals surface area contributed by atoms with Crippen LogP contribution in [0.2, 0.25) is 0 Å². The maximum absolute atomic E-state index is 12.1. The number of carbonyl (C=O) groups excluding carboxylic acids is 1. The Bertz CT molecular complexity index is 409. The van der Waals surface area contributed by atoms with Gasteiger partial charge in [0.1, 0.15) is 0 Å². The van der Waals surface area contributed by atoms with Crippen molar-refractivity contribution in [2.24, 2.45) is 5.73 Å². The number of aryl methyl sites for hydroxylation is 2. The first-order chi connectivity index (χ1) is 8.62. The van der Waals surface area contributed by atoms with Crippen LogP contribution in [0.1, 0.15) is 28.7 Å². The van der Waals surface area contributed by atoms with E-state index in [4.69, 9.17) is 10.5 Å². The second-order valence-corrected chi connectivity index (χ2v) is 4.06. The lowest BCUT2D eigenvalue weighted by Crippen LogP contribution is -2.43. The van der Waals surface area contributed by atoms with Gasteiger partial charge in [-0.25, -0.2) is 0 Å². The van der Waals surface area contributed by atoms with E-state index in [1.807, 2.05) is 6.92 Å². The van der Waals surface area contributed by atoms with Gasteiger partial charge in [0.05, 0.1) is 29.6 Å². The van der Waals surface area contributed by atoms with E-state index < -0.39 is 0 Å². The lowest BCUT2D eigenvalue weighted by molar-refractivity contribution is 0.0899. The molecule has 0 saturated heterocycles. The second-order valence-electron chi connectivity index (χ2n) is 4.06. The van der Waals surface area contributed by atoms with Crippen molar-refractivity contribution in [1.29, 1.82) is 0 Å². The van der Waals surface area contributed by atoms with E-state index in [0.29, 0.717) is 36.5 Å². The molecule has 3 N–H and O–H groups in total. The van der Waals surface area contributed by atoms with Gasteiger partial charge in [0.25, 0.3) is 5.91 Å². The number of ether oxygens (including phenoxy) is 1. The second kappa shape index (κ2) is 7.03. The summed E-state index contributed by atoms with van der Waals surface area (Å²) < 4.78 is 4.99. The van der Waals surface area contributed by atoms with Crippen LogP contribution in [0.4, 0.5) is 0 Å². The molecule has 0 aromatic carbocycles. The van der Waals surface area contributed by atoms with Crippen molar-refractivity contribution in [1.82, 2.24) is 15.5 Å². The van der Waals surface area contributed by atoms with Crippen LogP contribution >= 0.6 is 0 Å². The van der Waals surface area contributed by atoms with Gasteiger partial charge in [0.2, 0.25) is 0 Å². The van der Waals surface area contributed by atoms with Crippen LogP contribution in [0.3, 0.4) is 0 Å². The lowest BCUT2D eigenvalue weighted by Gasteiger charge is -2.16. The van der Waals surface area contributed by atoms with Gasteiger partial charge in [-0.1, -0.05) is 6.92 Å². The van der Waals surface area contributed by atoms with Crippen LogP contribution < -0.4 is 11.1 Å². The monoisotopic (exact) mass is 252 g/mol. The molecule has 6 nitrogen and oxygen atoms in total. The van der Waals surface area contributed by atoms with Crippen molar-refractivity contribution in [3.05, 3.63) is 23.0 Å². The Morgan fingerprint density at radius 2 is 2.28 bits per heavy atom. The average Bonchev–Trinajstić information content (AvgIpc) is 2.38. The summed E-state index contributed by atoms with van der Waals surface area (Å²) >= 11 is 0. The Morgan fingerprint density at radius 1 is 1.56 bits per heavy atom. The summed E-state index contributed by atoms with van der Waals surface area (Å²) in [5.74, 6) is -0.183. The Labute approximate surface area is 107 Å². The molecule has 100 valence electrons. The van der Waals surface area contributed by atoms with Crippen LogP contribution in [-0.2, 0) is 11.2 Å². The molecule has 0 aliphatic heterocycles. The molecule has 1 atom stereocenters. The molecule has 6 heteroatoms. The van der Waals surface area contributed by atoms with E-state index in [-0.39, 0.29) is 11.9 Å². The number of nitrogens with zero attached hydrogens (tertiary/aromatic N) is 2. The van der Waals surface area contributed by atoms with Gasteiger partial charge >= 0.3 is 0 Å². The Hall–Kier alpha value is -1.53. The Balaban J connectivity index is 2.85. The maximum atomic E-state index is 12.1. The topological polar surface area (TPSA) is 90.1 Å². The van der Waals surface area contributed by atoms with Gasteiger partial charge in [-0.2, -0.15) is 10.2 Å². The summed E-state index contributed by atoms with van der Waals surface area (Å²) in [6, 6.07) is 1.54. The number of hydrogen-bond donors (Lipinski definition) is 2. The molecule has 1 aromatic rings. The number of methoxy groups -OCH3 is 1. The minimum atomic E-state index is -0.194. The molecule has 18 heavy (non-hydrogen) atoms. The third-order valence-electron chi connectivity index (χ3n) is 2.56. The lowest BCUT2D eigenvalue weighted by atomic mass is 10.1. The van der Waals surface area contributed by atoms with Crippen LogP contribution in [0, 0.1) is 6.92 Å². The minimum Gasteiger partial charge on any atom is -0.383 e. The molecule has 1 unspecified atom stereocenters. The average molecular weight is 252 g/mol. The first-order valence-electron chi connectivity index (χ1n) is 5.95. The fraction of sp³-hybridized carbons (Fsp3) is 0.583. The summed E-state index contributed by atoms with van der Waals surface area (Å²) in [6.45, 7) is 4.46. The molecule has 0 bridgehead atoms. The van der Waals surface area contributed by atoms with Crippen molar-refractivity contribution in [3.8, 4) is 0 Å². The molecule has 0 aliphatic rings. The first kappa shape index (κ1) is 14.5. The fourth-order valence-corrected chi connectivity index (χ4v) is 1.60. The van der Waals surface area contributed by atoms with E-state index in [2.05, 4.69) is 15.5 Å². The minimum absolute atomic E-state index is 0.183. The summed E-state index contributed by atoms with van der Waals surface area (Å²) in [6.07, 6.45) is 0.660. The molecule has 1 heterocycles. The molecular formula is C12H20N4O2. The summed E-state index contributed by atoms with van der Waals surface area (Å²) in [7, 11) is 1.57. The summed E-state index contributed by atoms with van der Waals surface area (Å²) in [4.78, 5) is 12.1. The standard InChI is InChI=1S/C12H20N4O2/c1-4-11-10(5-8(2)15-16-11)12(17)14-9(6-13)7-18-3/h5,9H,4,6-7,13H2,1-3H3,(H,14,17). The molecule has 0 fully saturated rings. The molecule has 0 saturated carbocycles. The predicted molar refractivity (Wildman–Crippen MR) is 68.3 cm³/mol. The summed E-state index contributed by atoms with van der Waals surface area (Å²) in [5, 5.41) is 10.8. The zero-order valence-corrected chi connectivity index (χ0v) is 11.1. The highest BCUT2D eigenvalue weighted by Gasteiger charge is 2.16. The van der Waals surface area contributed by atoms with Crippen molar-refractivity contribution >= 4 is 5.91 Å². The van der Waals surface area contributed by atoms with Gasteiger partial charge in [0, 0.05) is 13.7 Å². The van der Waals surface area contributed by atoms with E-state index in [1.165, 1.54) is 0 Å². The van der Waals surface area contributed by atoms with E-state index in [9.17, 15) is 4.79 Å². The van der Waals surface area contributed by atoms with Gasteiger partial charge in [-0.3, -0.25) is 4.79 Å². The third kappa shape index (κ3) is 3.75. The molecule has 1 aromatic heterocycles. The molecule has 1 rings (SSSR count).